The minimum absolute atomic E-state index is 0.218. The molecule has 0 spiro atoms. The van der Waals surface area contributed by atoms with Gasteiger partial charge < -0.3 is 10.1 Å². The molecule has 0 aromatic heterocycles. The number of amides is 1. The topological polar surface area (TPSA) is 72.5 Å². The molecule has 0 saturated carbocycles. The molecule has 0 aliphatic rings. The first-order valence-electron chi connectivity index (χ1n) is 7.48. The smallest absolute Gasteiger partial charge is 0.339 e. The molecule has 0 heterocycles. The van der Waals surface area contributed by atoms with Crippen LogP contribution in [0.2, 0.25) is 0 Å². The number of carbonyl (C=O) groups is 2. The molecule has 0 fully saturated rings. The van der Waals surface area contributed by atoms with Crippen molar-refractivity contribution < 1.29 is 18.5 Å². The van der Waals surface area contributed by atoms with E-state index in [9.17, 15) is 13.8 Å². The number of ether oxygens (including phenoxy) is 1. The number of hydrogen-bond donors (Lipinski definition) is 1. The van der Waals surface area contributed by atoms with Crippen molar-refractivity contribution in [2.45, 2.75) is 11.3 Å². The molecular weight excluding hydrogens is 326 g/mol. The van der Waals surface area contributed by atoms with Crippen LogP contribution in [-0.2, 0) is 26.8 Å². The highest BCUT2D eigenvalue weighted by atomic mass is 32.2. The summed E-state index contributed by atoms with van der Waals surface area (Å²) in [4.78, 5) is 24.2. The largest absolute Gasteiger partial charge is 0.452 e. The first kappa shape index (κ1) is 17.9. The molecule has 24 heavy (non-hydrogen) atoms. The van der Waals surface area contributed by atoms with E-state index < -0.39 is 16.8 Å². The summed E-state index contributed by atoms with van der Waals surface area (Å²) in [6, 6.07) is 16.3. The van der Waals surface area contributed by atoms with Crippen molar-refractivity contribution >= 4 is 22.7 Å². The highest BCUT2D eigenvalue weighted by Gasteiger charge is 2.15. The van der Waals surface area contributed by atoms with Gasteiger partial charge in [-0.05, 0) is 24.1 Å². The molecule has 1 atom stereocenters. The third kappa shape index (κ3) is 5.31. The van der Waals surface area contributed by atoms with Crippen LogP contribution in [0.25, 0.3) is 0 Å². The standard InChI is InChI=1S/C18H19NO4S/c1-24(22)16-10-6-5-9-15(16)18(21)23-13-17(20)19-12-11-14-7-3-2-4-8-14/h2-10H,11-13H2,1H3,(H,19,20)/t24-/m0/s1. The van der Waals surface area contributed by atoms with E-state index in [1.165, 1.54) is 12.3 Å². The molecule has 2 rings (SSSR count). The van der Waals surface area contributed by atoms with Crippen molar-refractivity contribution in [1.29, 1.82) is 0 Å². The fourth-order valence-corrected chi connectivity index (χ4v) is 2.87. The summed E-state index contributed by atoms with van der Waals surface area (Å²) >= 11 is 0. The van der Waals surface area contributed by atoms with Crippen LogP contribution >= 0.6 is 0 Å². The quantitative estimate of drug-likeness (QED) is 0.779. The van der Waals surface area contributed by atoms with E-state index in [1.54, 1.807) is 18.2 Å². The average molecular weight is 345 g/mol. The lowest BCUT2D eigenvalue weighted by molar-refractivity contribution is -0.124. The van der Waals surface area contributed by atoms with Gasteiger partial charge in [-0.25, -0.2) is 4.79 Å². The number of esters is 1. The van der Waals surface area contributed by atoms with Gasteiger partial charge in [0.25, 0.3) is 5.91 Å². The summed E-state index contributed by atoms with van der Waals surface area (Å²) in [6.45, 7) is 0.105. The maximum Gasteiger partial charge on any atom is 0.339 e. The molecular formula is C18H19NO4S. The Bertz CT molecular complexity index is 731. The van der Waals surface area contributed by atoms with Crippen LogP contribution in [0.5, 0.6) is 0 Å². The normalized spacial score (nSPS) is 11.5. The Morgan fingerprint density at radius 3 is 2.42 bits per heavy atom. The van der Waals surface area contributed by atoms with Crippen molar-refractivity contribution in [1.82, 2.24) is 5.32 Å². The number of rotatable bonds is 7. The van der Waals surface area contributed by atoms with Gasteiger partial charge >= 0.3 is 5.97 Å². The van der Waals surface area contributed by atoms with Crippen LogP contribution in [0.3, 0.4) is 0 Å². The summed E-state index contributed by atoms with van der Waals surface area (Å²) in [7, 11) is -1.30. The summed E-state index contributed by atoms with van der Waals surface area (Å²) < 4.78 is 16.6. The third-order valence-corrected chi connectivity index (χ3v) is 4.31. The van der Waals surface area contributed by atoms with Crippen molar-refractivity contribution in [2.75, 3.05) is 19.4 Å². The highest BCUT2D eigenvalue weighted by Crippen LogP contribution is 2.13. The van der Waals surface area contributed by atoms with Crippen LogP contribution in [0.15, 0.2) is 59.5 Å². The minimum Gasteiger partial charge on any atom is -0.452 e. The predicted octanol–water partition coefficient (Wildman–Crippen LogP) is 1.94. The van der Waals surface area contributed by atoms with Gasteiger partial charge in [0, 0.05) is 12.8 Å². The highest BCUT2D eigenvalue weighted by molar-refractivity contribution is 7.84. The van der Waals surface area contributed by atoms with Crippen molar-refractivity contribution in [3.05, 3.63) is 65.7 Å². The Labute approximate surface area is 143 Å². The van der Waals surface area contributed by atoms with Crippen LogP contribution in [0.4, 0.5) is 0 Å². The van der Waals surface area contributed by atoms with Gasteiger partial charge in [0.05, 0.1) is 21.3 Å². The van der Waals surface area contributed by atoms with Gasteiger partial charge in [-0.15, -0.1) is 0 Å². The summed E-state index contributed by atoms with van der Waals surface area (Å²) in [5, 5.41) is 2.70. The van der Waals surface area contributed by atoms with Gasteiger partial charge in [0.15, 0.2) is 6.61 Å². The van der Waals surface area contributed by atoms with Crippen molar-refractivity contribution in [2.24, 2.45) is 0 Å². The first-order chi connectivity index (χ1) is 11.6. The van der Waals surface area contributed by atoms with E-state index >= 15 is 0 Å². The maximum absolute atomic E-state index is 12.0. The summed E-state index contributed by atoms with van der Waals surface area (Å²) in [5.74, 6) is -1.02. The second kappa shape index (κ2) is 8.98. The molecule has 6 heteroatoms. The molecule has 5 nitrogen and oxygen atoms in total. The van der Waals surface area contributed by atoms with Gasteiger partial charge in [0.2, 0.25) is 0 Å². The predicted molar refractivity (Wildman–Crippen MR) is 92.2 cm³/mol. The average Bonchev–Trinajstić information content (AvgIpc) is 2.60. The van der Waals surface area contributed by atoms with Crippen LogP contribution in [0, 0.1) is 0 Å². The van der Waals surface area contributed by atoms with E-state index in [0.29, 0.717) is 17.9 Å². The molecule has 0 bridgehead atoms. The molecule has 1 N–H and O–H groups in total. The number of carbonyl (C=O) groups excluding carboxylic acids is 2. The monoisotopic (exact) mass is 345 g/mol. The molecule has 2 aromatic carbocycles. The van der Waals surface area contributed by atoms with E-state index in [0.717, 1.165) is 5.56 Å². The van der Waals surface area contributed by atoms with Crippen molar-refractivity contribution in [3.63, 3.8) is 0 Å². The zero-order chi connectivity index (χ0) is 17.4. The second-order valence-electron chi connectivity index (χ2n) is 5.11. The molecule has 0 saturated heterocycles. The summed E-state index contributed by atoms with van der Waals surface area (Å²) in [5.41, 5.74) is 1.34. The molecule has 0 unspecified atom stereocenters. The Morgan fingerprint density at radius 2 is 1.71 bits per heavy atom. The Morgan fingerprint density at radius 1 is 1.04 bits per heavy atom. The number of benzene rings is 2. The molecule has 1 amide bonds. The SMILES string of the molecule is C[S@](=O)c1ccccc1C(=O)OCC(=O)NCCc1ccccc1. The van der Waals surface area contributed by atoms with E-state index in [1.807, 2.05) is 30.3 Å². The fourth-order valence-electron chi connectivity index (χ4n) is 2.14. The lowest BCUT2D eigenvalue weighted by Crippen LogP contribution is -2.30. The molecule has 0 radical (unpaired) electrons. The Kier molecular flexibility index (Phi) is 6.69. The second-order valence-corrected chi connectivity index (χ2v) is 6.46. The third-order valence-electron chi connectivity index (χ3n) is 3.33. The lowest BCUT2D eigenvalue weighted by atomic mass is 10.1. The van der Waals surface area contributed by atoms with E-state index in [2.05, 4.69) is 5.32 Å². The van der Waals surface area contributed by atoms with Crippen LogP contribution < -0.4 is 5.32 Å². The zero-order valence-electron chi connectivity index (χ0n) is 13.4. The molecule has 0 aliphatic carbocycles. The van der Waals surface area contributed by atoms with Crippen LogP contribution in [-0.4, -0.2) is 35.5 Å². The van der Waals surface area contributed by atoms with Gasteiger partial charge in [-0.1, -0.05) is 42.5 Å². The molecule has 0 aliphatic heterocycles. The Balaban J connectivity index is 1.79. The molecule has 2 aromatic rings. The lowest BCUT2D eigenvalue weighted by Gasteiger charge is -2.08. The fraction of sp³-hybridized carbons (Fsp3) is 0.222. The van der Waals surface area contributed by atoms with Gasteiger partial charge in [-0.3, -0.25) is 9.00 Å². The Hall–Kier alpha value is -2.47. The first-order valence-corrected chi connectivity index (χ1v) is 9.04. The van der Waals surface area contributed by atoms with Gasteiger partial charge in [0.1, 0.15) is 0 Å². The molecule has 126 valence electrons. The number of nitrogens with one attached hydrogen (secondary N) is 1. The number of hydrogen-bond acceptors (Lipinski definition) is 4. The van der Waals surface area contributed by atoms with Crippen molar-refractivity contribution in [3.8, 4) is 0 Å². The van der Waals surface area contributed by atoms with E-state index in [-0.39, 0.29) is 18.1 Å². The minimum atomic E-state index is -1.30. The van der Waals surface area contributed by atoms with Gasteiger partial charge in [-0.2, -0.15) is 0 Å². The van der Waals surface area contributed by atoms with E-state index in [4.69, 9.17) is 4.74 Å². The zero-order valence-corrected chi connectivity index (χ0v) is 14.2. The summed E-state index contributed by atoms with van der Waals surface area (Å²) in [6.07, 6.45) is 2.20. The van der Waals surface area contributed by atoms with Crippen LogP contribution in [0.1, 0.15) is 15.9 Å². The maximum atomic E-state index is 12.0.